The van der Waals surface area contributed by atoms with Gasteiger partial charge in [0.25, 0.3) is 5.91 Å². The topological polar surface area (TPSA) is 55.6 Å². The van der Waals surface area contributed by atoms with Gasteiger partial charge < -0.3 is 14.2 Å². The molecule has 2 heterocycles. The second-order valence-corrected chi connectivity index (χ2v) is 6.64. The van der Waals surface area contributed by atoms with Gasteiger partial charge in [-0.3, -0.25) is 4.79 Å². The largest absolute Gasteiger partial charge is 0.481 e. The molecule has 27 heavy (non-hydrogen) atoms. The van der Waals surface area contributed by atoms with Crippen molar-refractivity contribution in [2.24, 2.45) is 0 Å². The number of hydrogen-bond donors (Lipinski definition) is 0. The van der Waals surface area contributed by atoms with Crippen LogP contribution in [0.3, 0.4) is 0 Å². The van der Waals surface area contributed by atoms with Gasteiger partial charge in [0.1, 0.15) is 17.2 Å². The zero-order valence-electron chi connectivity index (χ0n) is 15.3. The summed E-state index contributed by atoms with van der Waals surface area (Å²) in [5.41, 5.74) is 2.82. The van der Waals surface area contributed by atoms with Crippen LogP contribution in [0.4, 0.5) is 0 Å². The van der Waals surface area contributed by atoms with Crippen molar-refractivity contribution in [2.45, 2.75) is 32.4 Å². The van der Waals surface area contributed by atoms with E-state index in [4.69, 9.17) is 9.26 Å². The number of fused-ring (bicyclic) bond motifs is 1. The van der Waals surface area contributed by atoms with Gasteiger partial charge in [0.05, 0.1) is 6.54 Å². The number of para-hydroxylation sites is 1. The zero-order chi connectivity index (χ0) is 18.6. The van der Waals surface area contributed by atoms with Crippen LogP contribution in [0.2, 0.25) is 0 Å². The minimum absolute atomic E-state index is 0.00668. The maximum Gasteiger partial charge on any atom is 0.263 e. The summed E-state index contributed by atoms with van der Waals surface area (Å²) in [4.78, 5) is 14.9. The summed E-state index contributed by atoms with van der Waals surface area (Å²) >= 11 is 0. The summed E-state index contributed by atoms with van der Waals surface area (Å²) in [5, 5.41) is 4.25. The van der Waals surface area contributed by atoms with Gasteiger partial charge in [-0.05, 0) is 18.6 Å². The van der Waals surface area contributed by atoms with Crippen LogP contribution in [0.25, 0.3) is 11.3 Å². The summed E-state index contributed by atoms with van der Waals surface area (Å²) in [6.45, 7) is 3.08. The predicted molar refractivity (Wildman–Crippen MR) is 102 cm³/mol. The molecular formula is C22H22N2O3. The summed E-state index contributed by atoms with van der Waals surface area (Å²) in [7, 11) is 0. The fraction of sp³-hybridized carbons (Fsp3) is 0.273. The van der Waals surface area contributed by atoms with Crippen molar-refractivity contribution in [3.05, 3.63) is 72.0 Å². The number of aromatic nitrogens is 1. The van der Waals surface area contributed by atoms with E-state index in [1.165, 1.54) is 0 Å². The van der Waals surface area contributed by atoms with Gasteiger partial charge in [-0.25, -0.2) is 0 Å². The Hall–Kier alpha value is -3.08. The molecule has 0 bridgehead atoms. The van der Waals surface area contributed by atoms with Crippen LogP contribution >= 0.6 is 0 Å². The van der Waals surface area contributed by atoms with Gasteiger partial charge in [0.2, 0.25) is 0 Å². The second-order valence-electron chi connectivity index (χ2n) is 6.64. The Bertz CT molecular complexity index is 906. The first kappa shape index (κ1) is 17.3. The fourth-order valence-electron chi connectivity index (χ4n) is 3.40. The molecule has 0 fully saturated rings. The highest BCUT2D eigenvalue weighted by atomic mass is 16.5. The minimum Gasteiger partial charge on any atom is -0.481 e. The quantitative estimate of drug-likeness (QED) is 0.686. The fourth-order valence-corrected chi connectivity index (χ4v) is 3.40. The van der Waals surface area contributed by atoms with Crippen LogP contribution in [0.15, 0.2) is 65.2 Å². The highest BCUT2D eigenvalue weighted by Crippen LogP contribution is 2.30. The van der Waals surface area contributed by atoms with Crippen LogP contribution in [0.1, 0.15) is 24.7 Å². The monoisotopic (exact) mass is 362 g/mol. The normalized spacial score (nSPS) is 14.5. The van der Waals surface area contributed by atoms with Crippen molar-refractivity contribution >= 4 is 5.91 Å². The molecule has 4 rings (SSSR count). The Kier molecular flexibility index (Phi) is 4.92. The molecule has 1 aromatic heterocycles. The number of hydrogen-bond acceptors (Lipinski definition) is 4. The molecule has 1 unspecified atom stereocenters. The van der Waals surface area contributed by atoms with Crippen LogP contribution in [0.5, 0.6) is 5.75 Å². The molecule has 3 aromatic rings. The Morgan fingerprint density at radius 3 is 2.56 bits per heavy atom. The third kappa shape index (κ3) is 3.58. The number of benzene rings is 2. The maximum atomic E-state index is 13.1. The van der Waals surface area contributed by atoms with Gasteiger partial charge >= 0.3 is 0 Å². The summed E-state index contributed by atoms with van der Waals surface area (Å²) in [5.74, 6) is 1.59. The molecule has 0 aliphatic carbocycles. The Balaban J connectivity index is 1.53. The summed E-state index contributed by atoms with van der Waals surface area (Å²) in [6, 6.07) is 19.4. The summed E-state index contributed by atoms with van der Waals surface area (Å²) in [6.07, 6.45) is 0.795. The molecule has 1 atom stereocenters. The van der Waals surface area contributed by atoms with E-state index in [2.05, 4.69) is 5.16 Å². The van der Waals surface area contributed by atoms with E-state index in [-0.39, 0.29) is 5.91 Å². The number of carbonyl (C=O) groups excluding carboxylic acids is 1. The Morgan fingerprint density at radius 2 is 1.85 bits per heavy atom. The van der Waals surface area contributed by atoms with E-state index < -0.39 is 6.10 Å². The lowest BCUT2D eigenvalue weighted by Gasteiger charge is -2.29. The molecule has 0 radical (unpaired) electrons. The number of amides is 1. The van der Waals surface area contributed by atoms with E-state index in [9.17, 15) is 4.79 Å². The van der Waals surface area contributed by atoms with Gasteiger partial charge in [-0.1, -0.05) is 60.6 Å². The average molecular weight is 362 g/mol. The van der Waals surface area contributed by atoms with Crippen LogP contribution < -0.4 is 4.74 Å². The average Bonchev–Trinajstić information content (AvgIpc) is 3.16. The molecule has 1 aliphatic rings. The second kappa shape index (κ2) is 7.66. The van der Waals surface area contributed by atoms with Crippen LogP contribution in [0, 0.1) is 0 Å². The van der Waals surface area contributed by atoms with Crippen molar-refractivity contribution in [1.29, 1.82) is 0 Å². The molecule has 1 aliphatic heterocycles. The molecule has 1 amide bonds. The number of rotatable bonds is 5. The molecule has 0 saturated heterocycles. The van der Waals surface area contributed by atoms with E-state index in [0.717, 1.165) is 22.6 Å². The zero-order valence-corrected chi connectivity index (χ0v) is 15.3. The van der Waals surface area contributed by atoms with Crippen LogP contribution in [-0.2, 0) is 17.8 Å². The minimum atomic E-state index is -0.492. The smallest absolute Gasteiger partial charge is 0.263 e. The van der Waals surface area contributed by atoms with E-state index in [1.807, 2.05) is 72.5 Å². The molecule has 0 N–H and O–H groups in total. The van der Waals surface area contributed by atoms with E-state index in [0.29, 0.717) is 31.7 Å². The van der Waals surface area contributed by atoms with Gasteiger partial charge in [-0.2, -0.15) is 0 Å². The van der Waals surface area contributed by atoms with Crippen molar-refractivity contribution in [2.75, 3.05) is 6.54 Å². The van der Waals surface area contributed by atoms with Crippen LogP contribution in [-0.4, -0.2) is 28.6 Å². The third-order valence-corrected chi connectivity index (χ3v) is 4.85. The SMILES string of the molecule is CCC(Oc1ccccc1)C(=O)N1CCc2onc(-c3ccccc3)c2C1. The first-order chi connectivity index (χ1) is 13.3. The molecule has 5 heteroatoms. The number of ether oxygens (including phenoxy) is 1. The molecule has 2 aromatic carbocycles. The molecule has 5 nitrogen and oxygen atoms in total. The summed E-state index contributed by atoms with van der Waals surface area (Å²) < 4.78 is 11.5. The molecule has 138 valence electrons. The van der Waals surface area contributed by atoms with Gasteiger partial charge in [-0.15, -0.1) is 0 Å². The lowest BCUT2D eigenvalue weighted by atomic mass is 10.0. The Labute approximate surface area is 158 Å². The first-order valence-corrected chi connectivity index (χ1v) is 9.29. The number of nitrogens with zero attached hydrogens (tertiary/aromatic N) is 2. The standard InChI is InChI=1S/C22H22N2O3/c1-2-19(26-17-11-7-4-8-12-17)22(25)24-14-13-20-18(15-24)21(23-27-20)16-9-5-3-6-10-16/h3-12,19H,2,13-15H2,1H3. The molecule has 0 spiro atoms. The lowest BCUT2D eigenvalue weighted by molar-refractivity contribution is -0.139. The highest BCUT2D eigenvalue weighted by Gasteiger charge is 2.31. The van der Waals surface area contributed by atoms with E-state index in [1.54, 1.807) is 0 Å². The first-order valence-electron chi connectivity index (χ1n) is 9.29. The Morgan fingerprint density at radius 1 is 1.15 bits per heavy atom. The van der Waals surface area contributed by atoms with Gasteiger partial charge in [0.15, 0.2) is 6.10 Å². The van der Waals surface area contributed by atoms with E-state index >= 15 is 0 Å². The maximum absolute atomic E-state index is 13.1. The number of carbonyl (C=O) groups is 1. The van der Waals surface area contributed by atoms with Crippen molar-refractivity contribution in [3.63, 3.8) is 0 Å². The predicted octanol–water partition coefficient (Wildman–Crippen LogP) is 4.08. The van der Waals surface area contributed by atoms with Crippen molar-refractivity contribution in [3.8, 4) is 17.0 Å². The van der Waals surface area contributed by atoms with Crippen molar-refractivity contribution in [1.82, 2.24) is 10.1 Å². The lowest BCUT2D eigenvalue weighted by Crippen LogP contribution is -2.44. The highest BCUT2D eigenvalue weighted by molar-refractivity contribution is 5.82. The molecule has 0 saturated carbocycles. The molecular weight excluding hydrogens is 340 g/mol. The third-order valence-electron chi connectivity index (χ3n) is 4.85. The van der Waals surface area contributed by atoms with Crippen molar-refractivity contribution < 1.29 is 14.1 Å². The van der Waals surface area contributed by atoms with Gasteiger partial charge in [0, 0.05) is 24.1 Å².